The van der Waals surface area contributed by atoms with Gasteiger partial charge in [-0.3, -0.25) is 0 Å². The number of aromatic carboxylic acids is 1. The summed E-state index contributed by atoms with van der Waals surface area (Å²) in [6, 6.07) is 4.39. The second-order valence-corrected chi connectivity index (χ2v) is 5.85. The van der Waals surface area contributed by atoms with Crippen molar-refractivity contribution in [2.45, 2.75) is 26.3 Å². The maximum atomic E-state index is 11.9. The van der Waals surface area contributed by atoms with Crippen LogP contribution in [0.15, 0.2) is 18.2 Å². The molecular weight excluding hydrogens is 270 g/mol. The molecule has 0 aliphatic carbocycles. The topological polar surface area (TPSA) is 81.7 Å². The molecule has 0 unspecified atom stereocenters. The molecular formula is C15H23N3O3. The fourth-order valence-electron chi connectivity index (χ4n) is 1.61. The molecule has 1 rings (SSSR count). The molecule has 0 aliphatic heterocycles. The average Bonchev–Trinajstić information content (AvgIpc) is 2.36. The Kier molecular flexibility index (Phi) is 5.32. The number of hydrogen-bond donors (Lipinski definition) is 3. The predicted molar refractivity (Wildman–Crippen MR) is 82.9 cm³/mol. The smallest absolute Gasteiger partial charge is 0.335 e. The number of nitrogens with one attached hydrogen (secondary N) is 2. The van der Waals surface area contributed by atoms with Gasteiger partial charge in [-0.1, -0.05) is 0 Å². The van der Waals surface area contributed by atoms with Gasteiger partial charge in [-0.05, 0) is 58.6 Å². The lowest BCUT2D eigenvalue weighted by Gasteiger charge is -2.32. The number of hydrogen-bond acceptors (Lipinski definition) is 3. The zero-order valence-electron chi connectivity index (χ0n) is 13.2. The van der Waals surface area contributed by atoms with E-state index in [0.29, 0.717) is 17.8 Å². The van der Waals surface area contributed by atoms with Gasteiger partial charge in [0.05, 0.1) is 5.56 Å². The van der Waals surface area contributed by atoms with Crippen LogP contribution in [-0.2, 0) is 0 Å². The van der Waals surface area contributed by atoms with Crippen LogP contribution >= 0.6 is 0 Å². The van der Waals surface area contributed by atoms with E-state index in [4.69, 9.17) is 5.11 Å². The van der Waals surface area contributed by atoms with Gasteiger partial charge in [-0.2, -0.15) is 0 Å². The Morgan fingerprint density at radius 2 is 1.90 bits per heavy atom. The number of likely N-dealkylation sites (N-methyl/N-ethyl adjacent to an activating group) is 1. The molecule has 0 aliphatic rings. The number of rotatable bonds is 5. The molecule has 0 spiro atoms. The van der Waals surface area contributed by atoms with Crippen LogP contribution in [0.25, 0.3) is 0 Å². The summed E-state index contributed by atoms with van der Waals surface area (Å²) in [4.78, 5) is 24.8. The monoisotopic (exact) mass is 293 g/mol. The number of amides is 2. The van der Waals surface area contributed by atoms with Gasteiger partial charge in [0.2, 0.25) is 0 Å². The van der Waals surface area contributed by atoms with Gasteiger partial charge in [0.25, 0.3) is 0 Å². The molecule has 116 valence electrons. The molecule has 0 aromatic heterocycles. The van der Waals surface area contributed by atoms with Gasteiger partial charge in [0, 0.05) is 17.8 Å². The Labute approximate surface area is 125 Å². The Bertz CT molecular complexity index is 539. The van der Waals surface area contributed by atoms with Gasteiger partial charge in [0.1, 0.15) is 0 Å². The molecule has 2 amide bonds. The number of carboxylic acid groups (broad SMARTS) is 1. The molecule has 0 bridgehead atoms. The maximum Gasteiger partial charge on any atom is 0.335 e. The van der Waals surface area contributed by atoms with Crippen LogP contribution in [0, 0.1) is 6.92 Å². The summed E-state index contributed by atoms with van der Waals surface area (Å²) in [5.41, 5.74) is 1.25. The van der Waals surface area contributed by atoms with Crippen LogP contribution in [0.3, 0.4) is 0 Å². The van der Waals surface area contributed by atoms with Gasteiger partial charge >= 0.3 is 12.0 Å². The van der Waals surface area contributed by atoms with Gasteiger partial charge in [-0.15, -0.1) is 0 Å². The van der Waals surface area contributed by atoms with E-state index < -0.39 is 5.97 Å². The highest BCUT2D eigenvalue weighted by Crippen LogP contribution is 2.15. The minimum absolute atomic E-state index is 0.152. The molecule has 0 radical (unpaired) electrons. The Balaban J connectivity index is 2.64. The van der Waals surface area contributed by atoms with Crippen molar-refractivity contribution < 1.29 is 14.7 Å². The predicted octanol–water partition coefficient (Wildman–Crippen LogP) is 2.15. The summed E-state index contributed by atoms with van der Waals surface area (Å²) in [6.45, 7) is 6.25. The zero-order valence-corrected chi connectivity index (χ0v) is 13.2. The van der Waals surface area contributed by atoms with Crippen LogP contribution in [0.5, 0.6) is 0 Å². The average molecular weight is 293 g/mol. The van der Waals surface area contributed by atoms with Crippen molar-refractivity contribution >= 4 is 17.7 Å². The van der Waals surface area contributed by atoms with Crippen molar-refractivity contribution in [2.75, 3.05) is 26.0 Å². The third-order valence-electron chi connectivity index (χ3n) is 3.61. The molecule has 0 fully saturated rings. The van der Waals surface area contributed by atoms with Crippen molar-refractivity contribution in [2.24, 2.45) is 0 Å². The quantitative estimate of drug-likeness (QED) is 0.777. The standard InChI is InChI=1S/C15H23N3O3/c1-10-8-11(6-7-12(10)13(19)20)17-14(21)16-9-15(2,3)18(4)5/h6-8H,9H2,1-5H3,(H,19,20)(H2,16,17,21). The van der Waals surface area contributed by atoms with Crippen molar-refractivity contribution in [3.8, 4) is 0 Å². The summed E-state index contributed by atoms with van der Waals surface area (Å²) in [6.07, 6.45) is 0. The van der Waals surface area contributed by atoms with E-state index in [1.165, 1.54) is 6.07 Å². The number of anilines is 1. The van der Waals surface area contributed by atoms with Crippen molar-refractivity contribution in [1.29, 1.82) is 0 Å². The summed E-state index contributed by atoms with van der Waals surface area (Å²) in [7, 11) is 3.90. The van der Waals surface area contributed by atoms with Crippen LogP contribution in [-0.4, -0.2) is 48.2 Å². The fraction of sp³-hybridized carbons (Fsp3) is 0.467. The van der Waals surface area contributed by atoms with E-state index >= 15 is 0 Å². The Hall–Kier alpha value is -2.08. The molecule has 21 heavy (non-hydrogen) atoms. The van der Waals surface area contributed by atoms with Crippen LogP contribution < -0.4 is 10.6 Å². The highest BCUT2D eigenvalue weighted by molar-refractivity contribution is 5.92. The summed E-state index contributed by atoms with van der Waals surface area (Å²) in [5.74, 6) is -0.976. The Morgan fingerprint density at radius 3 is 2.38 bits per heavy atom. The SMILES string of the molecule is Cc1cc(NC(=O)NCC(C)(C)N(C)C)ccc1C(=O)O. The second kappa shape index (κ2) is 6.58. The highest BCUT2D eigenvalue weighted by Gasteiger charge is 2.21. The van der Waals surface area contributed by atoms with E-state index in [1.807, 2.05) is 32.8 Å². The molecule has 3 N–H and O–H groups in total. The molecule has 0 heterocycles. The fourth-order valence-corrected chi connectivity index (χ4v) is 1.61. The number of urea groups is 1. The molecule has 1 aromatic carbocycles. The van der Waals surface area contributed by atoms with E-state index in [2.05, 4.69) is 10.6 Å². The van der Waals surface area contributed by atoms with E-state index in [-0.39, 0.29) is 17.1 Å². The highest BCUT2D eigenvalue weighted by atomic mass is 16.4. The van der Waals surface area contributed by atoms with E-state index in [0.717, 1.165) is 0 Å². The van der Waals surface area contributed by atoms with Crippen LogP contribution in [0.2, 0.25) is 0 Å². The number of nitrogens with zero attached hydrogens (tertiary/aromatic N) is 1. The minimum Gasteiger partial charge on any atom is -0.478 e. The molecule has 1 aromatic rings. The van der Waals surface area contributed by atoms with Crippen molar-refractivity contribution in [3.05, 3.63) is 29.3 Å². The number of carbonyl (C=O) groups is 2. The molecule has 0 atom stereocenters. The summed E-state index contributed by atoms with van der Waals surface area (Å²) in [5, 5.41) is 14.5. The normalized spacial score (nSPS) is 11.3. The summed E-state index contributed by atoms with van der Waals surface area (Å²) >= 11 is 0. The largest absolute Gasteiger partial charge is 0.478 e. The lowest BCUT2D eigenvalue weighted by molar-refractivity contribution is 0.0696. The van der Waals surface area contributed by atoms with Gasteiger partial charge < -0.3 is 20.6 Å². The first-order chi connectivity index (χ1) is 9.63. The minimum atomic E-state index is -0.976. The van der Waals surface area contributed by atoms with E-state index in [9.17, 15) is 9.59 Å². The number of carboxylic acids is 1. The lowest BCUT2D eigenvalue weighted by Crippen LogP contribution is -2.49. The first kappa shape index (κ1) is 17.0. The maximum absolute atomic E-state index is 11.9. The second-order valence-electron chi connectivity index (χ2n) is 5.85. The first-order valence-corrected chi connectivity index (χ1v) is 6.70. The van der Waals surface area contributed by atoms with Gasteiger partial charge in [-0.25, -0.2) is 9.59 Å². The molecule has 0 saturated carbocycles. The zero-order chi connectivity index (χ0) is 16.2. The van der Waals surface area contributed by atoms with Gasteiger partial charge in [0.15, 0.2) is 0 Å². The van der Waals surface area contributed by atoms with Crippen LogP contribution in [0.4, 0.5) is 10.5 Å². The van der Waals surface area contributed by atoms with Crippen molar-refractivity contribution in [3.63, 3.8) is 0 Å². The number of benzene rings is 1. The molecule has 6 nitrogen and oxygen atoms in total. The molecule has 0 saturated heterocycles. The van der Waals surface area contributed by atoms with Crippen LogP contribution in [0.1, 0.15) is 29.8 Å². The number of carbonyl (C=O) groups excluding carboxylic acids is 1. The lowest BCUT2D eigenvalue weighted by atomic mass is 10.0. The van der Waals surface area contributed by atoms with Crippen molar-refractivity contribution in [1.82, 2.24) is 10.2 Å². The summed E-state index contributed by atoms with van der Waals surface area (Å²) < 4.78 is 0. The number of aryl methyl sites for hydroxylation is 1. The third-order valence-corrected chi connectivity index (χ3v) is 3.61. The first-order valence-electron chi connectivity index (χ1n) is 6.70. The third kappa shape index (κ3) is 4.75. The molecule has 6 heteroatoms. The van der Waals surface area contributed by atoms with E-state index in [1.54, 1.807) is 19.1 Å². The Morgan fingerprint density at radius 1 is 1.29 bits per heavy atom.